The average molecular weight is 365 g/mol. The van der Waals surface area contributed by atoms with E-state index in [-0.39, 0.29) is 13.2 Å². The lowest BCUT2D eigenvalue weighted by Crippen LogP contribution is -2.15. The lowest BCUT2D eigenvalue weighted by molar-refractivity contribution is -0.147. The molecular formula is C17H17BrO4. The van der Waals surface area contributed by atoms with Gasteiger partial charge in [-0.1, -0.05) is 34.1 Å². The highest BCUT2D eigenvalue weighted by Gasteiger charge is 2.09. The van der Waals surface area contributed by atoms with Crippen LogP contribution < -0.4 is 9.47 Å². The van der Waals surface area contributed by atoms with Crippen LogP contribution in [0.4, 0.5) is 0 Å². The van der Waals surface area contributed by atoms with Gasteiger partial charge in [0.15, 0.2) is 18.1 Å². The first-order chi connectivity index (χ1) is 10.6. The van der Waals surface area contributed by atoms with Gasteiger partial charge in [-0.05, 0) is 42.3 Å². The van der Waals surface area contributed by atoms with Crippen LogP contribution in [0.5, 0.6) is 11.5 Å². The van der Waals surface area contributed by atoms with Crippen LogP contribution in [0.2, 0.25) is 0 Å². The number of methoxy groups -OCH3 is 1. The summed E-state index contributed by atoms with van der Waals surface area (Å²) >= 11 is 3.36. The Morgan fingerprint density at radius 2 is 1.82 bits per heavy atom. The fourth-order valence-corrected chi connectivity index (χ4v) is 2.08. The molecule has 5 heteroatoms. The molecule has 0 radical (unpaired) electrons. The van der Waals surface area contributed by atoms with Crippen LogP contribution in [-0.2, 0) is 16.1 Å². The number of benzene rings is 2. The molecule has 0 N–H and O–H groups in total. The monoisotopic (exact) mass is 364 g/mol. The van der Waals surface area contributed by atoms with E-state index in [1.54, 1.807) is 13.2 Å². The SMILES string of the molecule is COc1cc(C)ccc1OCC(=O)OCc1ccc(Br)cc1. The second-order valence-corrected chi connectivity index (χ2v) is 5.65. The van der Waals surface area contributed by atoms with Gasteiger partial charge in [-0.3, -0.25) is 0 Å². The molecule has 0 saturated heterocycles. The van der Waals surface area contributed by atoms with Gasteiger partial charge in [0.2, 0.25) is 0 Å². The molecule has 0 spiro atoms. The van der Waals surface area contributed by atoms with Gasteiger partial charge in [-0.2, -0.15) is 0 Å². The van der Waals surface area contributed by atoms with E-state index in [2.05, 4.69) is 15.9 Å². The van der Waals surface area contributed by atoms with E-state index in [0.717, 1.165) is 15.6 Å². The number of halogens is 1. The van der Waals surface area contributed by atoms with Crippen molar-refractivity contribution in [3.63, 3.8) is 0 Å². The molecule has 2 aromatic rings. The molecule has 0 bridgehead atoms. The highest BCUT2D eigenvalue weighted by molar-refractivity contribution is 9.10. The van der Waals surface area contributed by atoms with Gasteiger partial charge in [0.25, 0.3) is 0 Å². The molecule has 0 fully saturated rings. The Bertz CT molecular complexity index is 638. The summed E-state index contributed by atoms with van der Waals surface area (Å²) in [4.78, 5) is 11.7. The normalized spacial score (nSPS) is 10.1. The summed E-state index contributed by atoms with van der Waals surface area (Å²) in [6.07, 6.45) is 0. The largest absolute Gasteiger partial charge is 0.493 e. The minimum Gasteiger partial charge on any atom is -0.493 e. The summed E-state index contributed by atoms with van der Waals surface area (Å²) < 4.78 is 16.8. The Morgan fingerprint density at radius 3 is 2.50 bits per heavy atom. The fourth-order valence-electron chi connectivity index (χ4n) is 1.82. The Hall–Kier alpha value is -2.01. The fraction of sp³-hybridized carbons (Fsp3) is 0.235. The number of aryl methyl sites for hydroxylation is 1. The number of ether oxygens (including phenoxy) is 3. The van der Waals surface area contributed by atoms with Gasteiger partial charge < -0.3 is 14.2 Å². The lowest BCUT2D eigenvalue weighted by Gasteiger charge is -2.11. The highest BCUT2D eigenvalue weighted by atomic mass is 79.9. The van der Waals surface area contributed by atoms with Crippen LogP contribution >= 0.6 is 15.9 Å². The molecule has 0 atom stereocenters. The Kier molecular flexibility index (Phi) is 5.83. The molecule has 2 aromatic carbocycles. The first kappa shape index (κ1) is 16.4. The van der Waals surface area contributed by atoms with Gasteiger partial charge in [-0.15, -0.1) is 0 Å². The summed E-state index contributed by atoms with van der Waals surface area (Å²) in [7, 11) is 1.56. The van der Waals surface area contributed by atoms with E-state index < -0.39 is 5.97 Å². The van der Waals surface area contributed by atoms with Crippen molar-refractivity contribution < 1.29 is 19.0 Å². The number of carbonyl (C=O) groups is 1. The predicted molar refractivity (Wildman–Crippen MR) is 87.2 cm³/mol. The molecule has 0 unspecified atom stereocenters. The third-order valence-electron chi connectivity index (χ3n) is 2.98. The second-order valence-electron chi connectivity index (χ2n) is 4.73. The molecule has 116 valence electrons. The van der Waals surface area contributed by atoms with Crippen LogP contribution in [0.15, 0.2) is 46.9 Å². The highest BCUT2D eigenvalue weighted by Crippen LogP contribution is 2.27. The molecule has 4 nitrogen and oxygen atoms in total. The zero-order valence-electron chi connectivity index (χ0n) is 12.5. The number of hydrogen-bond acceptors (Lipinski definition) is 4. The van der Waals surface area contributed by atoms with Crippen molar-refractivity contribution >= 4 is 21.9 Å². The predicted octanol–water partition coefficient (Wildman–Crippen LogP) is 3.89. The third-order valence-corrected chi connectivity index (χ3v) is 3.51. The third kappa shape index (κ3) is 4.77. The van der Waals surface area contributed by atoms with E-state index >= 15 is 0 Å². The lowest BCUT2D eigenvalue weighted by atomic mass is 10.2. The van der Waals surface area contributed by atoms with Crippen LogP contribution in [0.1, 0.15) is 11.1 Å². The summed E-state index contributed by atoms with van der Waals surface area (Å²) in [5.74, 6) is 0.694. The van der Waals surface area contributed by atoms with Crippen molar-refractivity contribution in [1.82, 2.24) is 0 Å². The van der Waals surface area contributed by atoms with Crippen molar-refractivity contribution in [2.45, 2.75) is 13.5 Å². The van der Waals surface area contributed by atoms with Gasteiger partial charge in [0.05, 0.1) is 7.11 Å². The van der Waals surface area contributed by atoms with Crippen molar-refractivity contribution in [2.24, 2.45) is 0 Å². The van der Waals surface area contributed by atoms with Gasteiger partial charge in [0, 0.05) is 4.47 Å². The minimum atomic E-state index is -0.425. The zero-order valence-corrected chi connectivity index (χ0v) is 14.1. The van der Waals surface area contributed by atoms with Gasteiger partial charge in [0.1, 0.15) is 6.61 Å². The van der Waals surface area contributed by atoms with Crippen LogP contribution in [0.3, 0.4) is 0 Å². The summed E-state index contributed by atoms with van der Waals surface area (Å²) in [5.41, 5.74) is 1.98. The van der Waals surface area contributed by atoms with Crippen LogP contribution in [0.25, 0.3) is 0 Å². The first-order valence-electron chi connectivity index (χ1n) is 6.76. The summed E-state index contributed by atoms with van der Waals surface area (Å²) in [5, 5.41) is 0. The molecule has 0 aliphatic rings. The molecule has 0 amide bonds. The molecule has 0 aliphatic heterocycles. The van der Waals surface area contributed by atoms with E-state index in [1.165, 1.54) is 0 Å². The Balaban J connectivity index is 1.84. The maximum Gasteiger partial charge on any atom is 0.344 e. The summed E-state index contributed by atoms with van der Waals surface area (Å²) in [6.45, 7) is 2.02. The number of hydrogen-bond donors (Lipinski definition) is 0. The van der Waals surface area contributed by atoms with Crippen molar-refractivity contribution in [3.8, 4) is 11.5 Å². The second kappa shape index (κ2) is 7.84. The van der Waals surface area contributed by atoms with Crippen molar-refractivity contribution in [1.29, 1.82) is 0 Å². The van der Waals surface area contributed by atoms with Crippen molar-refractivity contribution in [3.05, 3.63) is 58.1 Å². The molecular weight excluding hydrogens is 348 g/mol. The summed E-state index contributed by atoms with van der Waals surface area (Å²) in [6, 6.07) is 13.1. The quantitative estimate of drug-likeness (QED) is 0.729. The minimum absolute atomic E-state index is 0.157. The van der Waals surface area contributed by atoms with E-state index in [1.807, 2.05) is 43.3 Å². The first-order valence-corrected chi connectivity index (χ1v) is 7.55. The standard InChI is InChI=1S/C17H17BrO4/c1-12-3-8-15(16(9-12)20-2)21-11-17(19)22-10-13-4-6-14(18)7-5-13/h3-9H,10-11H2,1-2H3. The van der Waals surface area contributed by atoms with E-state index in [4.69, 9.17) is 14.2 Å². The molecule has 22 heavy (non-hydrogen) atoms. The van der Waals surface area contributed by atoms with Crippen molar-refractivity contribution in [2.75, 3.05) is 13.7 Å². The topological polar surface area (TPSA) is 44.8 Å². The smallest absolute Gasteiger partial charge is 0.344 e. The van der Waals surface area contributed by atoms with E-state index in [9.17, 15) is 4.79 Å². The van der Waals surface area contributed by atoms with E-state index in [0.29, 0.717) is 11.5 Å². The molecule has 0 heterocycles. The molecule has 0 aliphatic carbocycles. The molecule has 2 rings (SSSR count). The molecule has 0 saturated carbocycles. The number of esters is 1. The van der Waals surface area contributed by atoms with Gasteiger partial charge >= 0.3 is 5.97 Å². The Labute approximate surface area is 138 Å². The molecule has 0 aromatic heterocycles. The van der Waals surface area contributed by atoms with Crippen LogP contribution in [-0.4, -0.2) is 19.7 Å². The maximum atomic E-state index is 11.7. The maximum absolute atomic E-state index is 11.7. The number of rotatable bonds is 6. The zero-order chi connectivity index (χ0) is 15.9. The average Bonchev–Trinajstić information content (AvgIpc) is 2.53. The number of carbonyl (C=O) groups excluding carboxylic acids is 1. The Morgan fingerprint density at radius 1 is 1.09 bits per heavy atom. The van der Waals surface area contributed by atoms with Gasteiger partial charge in [-0.25, -0.2) is 4.79 Å². The van der Waals surface area contributed by atoms with Crippen LogP contribution in [0, 0.1) is 6.92 Å².